The Labute approximate surface area is 87.0 Å². The maximum atomic E-state index is 12.9. The van der Waals surface area contributed by atoms with E-state index in [9.17, 15) is 8.78 Å². The molecule has 1 saturated carbocycles. The molecule has 0 spiro atoms. The monoisotopic (exact) mass is 213 g/mol. The molecule has 1 aromatic carbocycles. The van der Waals surface area contributed by atoms with Gasteiger partial charge in [-0.05, 0) is 24.5 Å². The lowest BCUT2D eigenvalue weighted by molar-refractivity contribution is 0.145. The zero-order chi connectivity index (χ0) is 11.1. The zero-order valence-corrected chi connectivity index (χ0v) is 8.47. The third-order valence-corrected chi connectivity index (χ3v) is 2.83. The van der Waals surface area contributed by atoms with Crippen LogP contribution in [0.4, 0.5) is 8.78 Å². The van der Waals surface area contributed by atoms with Gasteiger partial charge in [-0.1, -0.05) is 12.1 Å². The molecule has 2 nitrogen and oxygen atoms in total. The summed E-state index contributed by atoms with van der Waals surface area (Å²) >= 11 is 0. The van der Waals surface area contributed by atoms with Gasteiger partial charge in [0, 0.05) is 5.54 Å². The Morgan fingerprint density at radius 1 is 1.40 bits per heavy atom. The zero-order valence-electron chi connectivity index (χ0n) is 8.47. The normalized spacial score (nSPS) is 17.9. The quantitative estimate of drug-likeness (QED) is 0.837. The van der Waals surface area contributed by atoms with Crippen LogP contribution in [0.1, 0.15) is 30.4 Å². The van der Waals surface area contributed by atoms with Crippen LogP contribution in [0.15, 0.2) is 18.2 Å². The molecule has 15 heavy (non-hydrogen) atoms. The van der Waals surface area contributed by atoms with Crippen molar-refractivity contribution in [2.45, 2.75) is 24.8 Å². The highest BCUT2D eigenvalue weighted by molar-refractivity contribution is 5.46. The van der Waals surface area contributed by atoms with Gasteiger partial charge < -0.3 is 10.5 Å². The standard InChI is InChI=1S/C11H13F2NO/c1-15-8-4-2-3-7(9(8)10(12)13)11(14)5-6-11/h2-4,10H,5-6,14H2,1H3. The topological polar surface area (TPSA) is 35.2 Å². The van der Waals surface area contributed by atoms with E-state index in [1.807, 2.05) is 0 Å². The Kier molecular flexibility index (Phi) is 2.38. The average molecular weight is 213 g/mol. The molecule has 1 aromatic rings. The van der Waals surface area contributed by atoms with E-state index in [4.69, 9.17) is 10.5 Å². The Bertz CT molecular complexity index is 375. The van der Waals surface area contributed by atoms with Crippen molar-refractivity contribution >= 4 is 0 Å². The van der Waals surface area contributed by atoms with Gasteiger partial charge in [0.1, 0.15) is 5.75 Å². The summed E-state index contributed by atoms with van der Waals surface area (Å²) in [7, 11) is 1.39. The number of hydrogen-bond donors (Lipinski definition) is 1. The van der Waals surface area contributed by atoms with Crippen molar-refractivity contribution in [1.82, 2.24) is 0 Å². The molecule has 0 heterocycles. The molecule has 82 valence electrons. The number of hydrogen-bond acceptors (Lipinski definition) is 2. The number of benzene rings is 1. The molecule has 1 aliphatic rings. The molecule has 2 rings (SSSR count). The van der Waals surface area contributed by atoms with Gasteiger partial charge in [-0.2, -0.15) is 0 Å². The third kappa shape index (κ3) is 1.69. The molecule has 0 amide bonds. The number of nitrogens with two attached hydrogens (primary N) is 1. The lowest BCUT2D eigenvalue weighted by Crippen LogP contribution is -2.21. The Balaban J connectivity index is 2.53. The molecular formula is C11H13F2NO. The fraction of sp³-hybridized carbons (Fsp3) is 0.455. The lowest BCUT2D eigenvalue weighted by atomic mass is 9.98. The number of alkyl halides is 2. The Morgan fingerprint density at radius 2 is 2.07 bits per heavy atom. The SMILES string of the molecule is COc1cccc(C2(N)CC2)c1C(F)F. The second kappa shape index (κ2) is 3.45. The molecule has 1 fully saturated rings. The van der Waals surface area contributed by atoms with Crippen LogP contribution in [0.5, 0.6) is 5.75 Å². The van der Waals surface area contributed by atoms with Crippen molar-refractivity contribution in [3.63, 3.8) is 0 Å². The summed E-state index contributed by atoms with van der Waals surface area (Å²) in [4.78, 5) is 0. The predicted molar refractivity (Wildman–Crippen MR) is 53.1 cm³/mol. The van der Waals surface area contributed by atoms with Crippen molar-refractivity contribution in [1.29, 1.82) is 0 Å². The second-order valence-electron chi connectivity index (χ2n) is 3.88. The molecule has 4 heteroatoms. The molecule has 0 bridgehead atoms. The molecule has 1 aliphatic carbocycles. The summed E-state index contributed by atoms with van der Waals surface area (Å²) < 4.78 is 30.7. The van der Waals surface area contributed by atoms with E-state index in [1.54, 1.807) is 12.1 Å². The fourth-order valence-electron chi connectivity index (χ4n) is 1.79. The summed E-state index contributed by atoms with van der Waals surface area (Å²) in [6.07, 6.45) is -1.02. The molecule has 2 N–H and O–H groups in total. The van der Waals surface area contributed by atoms with Crippen molar-refractivity contribution < 1.29 is 13.5 Å². The highest BCUT2D eigenvalue weighted by atomic mass is 19.3. The summed E-state index contributed by atoms with van der Waals surface area (Å²) in [6, 6.07) is 4.90. The van der Waals surface area contributed by atoms with Gasteiger partial charge in [-0.3, -0.25) is 0 Å². The maximum absolute atomic E-state index is 12.9. The van der Waals surface area contributed by atoms with Crippen LogP contribution < -0.4 is 10.5 Å². The Morgan fingerprint density at radius 3 is 2.53 bits per heavy atom. The highest BCUT2D eigenvalue weighted by Gasteiger charge is 2.43. The van der Waals surface area contributed by atoms with Crippen LogP contribution >= 0.6 is 0 Å². The van der Waals surface area contributed by atoms with Crippen LogP contribution in [0.3, 0.4) is 0 Å². The number of ether oxygens (including phenoxy) is 1. The van der Waals surface area contributed by atoms with Crippen molar-refractivity contribution in [3.05, 3.63) is 29.3 Å². The summed E-state index contributed by atoms with van der Waals surface area (Å²) in [5, 5.41) is 0. The van der Waals surface area contributed by atoms with Gasteiger partial charge in [-0.15, -0.1) is 0 Å². The van der Waals surface area contributed by atoms with E-state index >= 15 is 0 Å². The minimum atomic E-state index is -2.54. The number of rotatable bonds is 3. The molecule has 0 atom stereocenters. The van der Waals surface area contributed by atoms with Gasteiger partial charge in [0.15, 0.2) is 0 Å². The fourth-order valence-corrected chi connectivity index (χ4v) is 1.79. The molecule has 0 aromatic heterocycles. The van der Waals surface area contributed by atoms with Crippen LogP contribution in [-0.4, -0.2) is 7.11 Å². The lowest BCUT2D eigenvalue weighted by Gasteiger charge is -2.17. The molecule has 0 radical (unpaired) electrons. The minimum Gasteiger partial charge on any atom is -0.496 e. The number of halogens is 2. The van der Waals surface area contributed by atoms with Crippen LogP contribution in [0.25, 0.3) is 0 Å². The van der Waals surface area contributed by atoms with Gasteiger partial charge in [0.25, 0.3) is 6.43 Å². The molecular weight excluding hydrogens is 200 g/mol. The van der Waals surface area contributed by atoms with Gasteiger partial charge >= 0.3 is 0 Å². The predicted octanol–water partition coefficient (Wildman–Crippen LogP) is 2.58. The van der Waals surface area contributed by atoms with Gasteiger partial charge in [0.2, 0.25) is 0 Å². The van der Waals surface area contributed by atoms with Crippen molar-refractivity contribution in [2.75, 3.05) is 7.11 Å². The molecule has 0 aliphatic heterocycles. The summed E-state index contributed by atoms with van der Waals surface area (Å²) in [5.41, 5.74) is 5.86. The van der Waals surface area contributed by atoms with E-state index in [0.29, 0.717) is 5.56 Å². The van der Waals surface area contributed by atoms with E-state index in [2.05, 4.69) is 0 Å². The van der Waals surface area contributed by atoms with E-state index < -0.39 is 12.0 Å². The third-order valence-electron chi connectivity index (χ3n) is 2.83. The van der Waals surface area contributed by atoms with Gasteiger partial charge in [-0.25, -0.2) is 8.78 Å². The first-order valence-corrected chi connectivity index (χ1v) is 4.83. The van der Waals surface area contributed by atoms with Crippen molar-refractivity contribution in [3.8, 4) is 5.75 Å². The smallest absolute Gasteiger partial charge is 0.267 e. The average Bonchev–Trinajstić information content (AvgIpc) is 2.96. The summed E-state index contributed by atoms with van der Waals surface area (Å²) in [6.45, 7) is 0. The van der Waals surface area contributed by atoms with Gasteiger partial charge in [0.05, 0.1) is 12.7 Å². The van der Waals surface area contributed by atoms with E-state index in [-0.39, 0.29) is 11.3 Å². The van der Waals surface area contributed by atoms with E-state index in [1.165, 1.54) is 13.2 Å². The highest BCUT2D eigenvalue weighted by Crippen LogP contribution is 2.48. The van der Waals surface area contributed by atoms with Crippen LogP contribution in [-0.2, 0) is 5.54 Å². The van der Waals surface area contributed by atoms with E-state index in [0.717, 1.165) is 12.8 Å². The second-order valence-corrected chi connectivity index (χ2v) is 3.88. The first-order chi connectivity index (χ1) is 7.08. The van der Waals surface area contributed by atoms with Crippen molar-refractivity contribution in [2.24, 2.45) is 5.73 Å². The summed E-state index contributed by atoms with van der Waals surface area (Å²) in [5.74, 6) is 0.222. The van der Waals surface area contributed by atoms with Crippen LogP contribution in [0, 0.1) is 0 Å². The maximum Gasteiger partial charge on any atom is 0.267 e. The number of methoxy groups -OCH3 is 1. The molecule has 0 saturated heterocycles. The Hall–Kier alpha value is -1.16. The van der Waals surface area contributed by atoms with Crippen LogP contribution in [0.2, 0.25) is 0 Å². The minimum absolute atomic E-state index is 0.0556. The molecule has 0 unspecified atom stereocenters. The first-order valence-electron chi connectivity index (χ1n) is 4.83. The first kappa shape index (κ1) is 10.4. The largest absolute Gasteiger partial charge is 0.496 e.